The molecule has 0 heterocycles. The molecular weight excluding hydrogens is 234 g/mol. The van der Waals surface area contributed by atoms with Crippen LogP contribution in [-0.4, -0.2) is 20.2 Å². The molecule has 1 N–H and O–H groups in total. The minimum Gasteiger partial charge on any atom is -0.212 e. The van der Waals surface area contributed by atoms with Crippen molar-refractivity contribution in [3.05, 3.63) is 0 Å². The molecule has 3 saturated carbocycles. The van der Waals surface area contributed by atoms with Crippen LogP contribution < -0.4 is 4.72 Å². The third kappa shape index (κ3) is 2.03. The van der Waals surface area contributed by atoms with E-state index in [2.05, 4.69) is 4.72 Å². The lowest BCUT2D eigenvalue weighted by molar-refractivity contribution is 0.224. The fourth-order valence-electron chi connectivity index (χ4n) is 4.76. The molecule has 0 aromatic heterocycles. The Hall–Kier alpha value is -0.0900. The van der Waals surface area contributed by atoms with Crippen LogP contribution in [0.15, 0.2) is 0 Å². The van der Waals surface area contributed by atoms with Gasteiger partial charge >= 0.3 is 0 Å². The summed E-state index contributed by atoms with van der Waals surface area (Å²) in [5, 5.41) is 0. The Morgan fingerprint density at radius 2 is 1.88 bits per heavy atom. The summed E-state index contributed by atoms with van der Waals surface area (Å²) in [5.41, 5.74) is 0. The van der Waals surface area contributed by atoms with Gasteiger partial charge in [-0.3, -0.25) is 0 Å². The third-order valence-electron chi connectivity index (χ3n) is 5.23. The van der Waals surface area contributed by atoms with Crippen LogP contribution >= 0.6 is 0 Å². The monoisotopic (exact) mass is 257 g/mol. The summed E-state index contributed by atoms with van der Waals surface area (Å²) in [6, 6.07) is 0.260. The maximum atomic E-state index is 11.8. The average Bonchev–Trinajstić information content (AvgIpc) is 2.84. The largest absolute Gasteiger partial charge is 0.212 e. The van der Waals surface area contributed by atoms with Gasteiger partial charge < -0.3 is 0 Å². The van der Waals surface area contributed by atoms with E-state index in [9.17, 15) is 8.42 Å². The van der Waals surface area contributed by atoms with Crippen LogP contribution in [-0.2, 0) is 10.0 Å². The lowest BCUT2D eigenvalue weighted by atomic mass is 9.79. The van der Waals surface area contributed by atoms with Crippen molar-refractivity contribution in [3.63, 3.8) is 0 Å². The van der Waals surface area contributed by atoms with E-state index in [0.717, 1.165) is 24.2 Å². The van der Waals surface area contributed by atoms with Gasteiger partial charge in [-0.1, -0.05) is 13.3 Å². The maximum absolute atomic E-state index is 11.8. The number of fused-ring (bicyclic) bond motifs is 5. The number of rotatable bonds is 4. The van der Waals surface area contributed by atoms with Gasteiger partial charge in [0.2, 0.25) is 10.0 Å². The van der Waals surface area contributed by atoms with Crippen molar-refractivity contribution < 1.29 is 8.42 Å². The molecule has 4 heteroatoms. The minimum absolute atomic E-state index is 0.260. The van der Waals surface area contributed by atoms with Crippen molar-refractivity contribution in [2.45, 2.75) is 51.5 Å². The van der Waals surface area contributed by atoms with E-state index >= 15 is 0 Å². The molecule has 0 amide bonds. The Kier molecular flexibility index (Phi) is 2.98. The van der Waals surface area contributed by atoms with E-state index in [1.165, 1.54) is 25.7 Å². The Labute approximate surface area is 104 Å². The summed E-state index contributed by atoms with van der Waals surface area (Å²) < 4.78 is 26.7. The summed E-state index contributed by atoms with van der Waals surface area (Å²) >= 11 is 0. The van der Waals surface area contributed by atoms with E-state index in [1.807, 2.05) is 6.92 Å². The SMILES string of the molecule is CCCS(=O)(=O)NC1CC2CC1C1CCCC21. The Morgan fingerprint density at radius 3 is 2.65 bits per heavy atom. The lowest BCUT2D eigenvalue weighted by Gasteiger charge is -2.31. The van der Waals surface area contributed by atoms with Gasteiger partial charge in [-0.25, -0.2) is 13.1 Å². The molecule has 0 radical (unpaired) electrons. The van der Waals surface area contributed by atoms with Gasteiger partial charge in [0.1, 0.15) is 0 Å². The summed E-state index contributed by atoms with van der Waals surface area (Å²) in [7, 11) is -3.02. The van der Waals surface area contributed by atoms with Gasteiger partial charge in [0.25, 0.3) is 0 Å². The highest BCUT2D eigenvalue weighted by atomic mass is 32.2. The van der Waals surface area contributed by atoms with Gasteiger partial charge in [0.15, 0.2) is 0 Å². The molecule has 98 valence electrons. The molecule has 0 aromatic carbocycles. The quantitative estimate of drug-likeness (QED) is 0.838. The second kappa shape index (κ2) is 4.23. The average molecular weight is 257 g/mol. The molecule has 3 fully saturated rings. The predicted molar refractivity (Wildman–Crippen MR) is 68.0 cm³/mol. The zero-order valence-corrected chi connectivity index (χ0v) is 11.4. The summed E-state index contributed by atoms with van der Waals surface area (Å²) in [6.07, 6.45) is 7.22. The van der Waals surface area contributed by atoms with Gasteiger partial charge in [-0.2, -0.15) is 0 Å². The van der Waals surface area contributed by atoms with E-state index in [0.29, 0.717) is 12.3 Å². The van der Waals surface area contributed by atoms with Crippen LogP contribution in [0.5, 0.6) is 0 Å². The van der Waals surface area contributed by atoms with E-state index in [4.69, 9.17) is 0 Å². The molecule has 3 nitrogen and oxygen atoms in total. The lowest BCUT2D eigenvalue weighted by Crippen LogP contribution is -2.43. The van der Waals surface area contributed by atoms with Crippen LogP contribution in [0.4, 0.5) is 0 Å². The number of sulfonamides is 1. The van der Waals surface area contributed by atoms with Crippen LogP contribution in [0.2, 0.25) is 0 Å². The Bertz CT molecular complexity index is 392. The van der Waals surface area contributed by atoms with E-state index < -0.39 is 10.0 Å². The summed E-state index contributed by atoms with van der Waals surface area (Å²) in [5.74, 6) is 3.53. The molecule has 0 spiro atoms. The van der Waals surface area contributed by atoms with Crippen molar-refractivity contribution in [3.8, 4) is 0 Å². The zero-order chi connectivity index (χ0) is 12.0. The summed E-state index contributed by atoms with van der Waals surface area (Å²) in [6.45, 7) is 1.92. The first kappa shape index (κ1) is 12.0. The van der Waals surface area contributed by atoms with Crippen molar-refractivity contribution in [2.24, 2.45) is 23.7 Å². The molecule has 17 heavy (non-hydrogen) atoms. The normalized spacial score (nSPS) is 44.2. The molecule has 2 bridgehead atoms. The van der Waals surface area contributed by atoms with Gasteiger partial charge in [0, 0.05) is 6.04 Å². The number of nitrogens with one attached hydrogen (secondary N) is 1. The fraction of sp³-hybridized carbons (Fsp3) is 1.00. The molecule has 5 atom stereocenters. The number of hydrogen-bond acceptors (Lipinski definition) is 2. The molecular formula is C13H23NO2S. The highest BCUT2D eigenvalue weighted by Crippen LogP contribution is 2.58. The van der Waals surface area contributed by atoms with E-state index in [-0.39, 0.29) is 11.8 Å². The number of hydrogen-bond donors (Lipinski definition) is 1. The van der Waals surface area contributed by atoms with Crippen molar-refractivity contribution in [2.75, 3.05) is 5.75 Å². The first-order valence-electron chi connectivity index (χ1n) is 7.10. The molecule has 0 aromatic rings. The standard InChI is InChI=1S/C13H23NO2S/c1-2-6-17(15,16)14-13-8-9-7-12(13)11-5-3-4-10(9)11/h9-14H,2-8H2,1H3. The summed E-state index contributed by atoms with van der Waals surface area (Å²) in [4.78, 5) is 0. The van der Waals surface area contributed by atoms with Gasteiger partial charge in [-0.05, 0) is 55.8 Å². The maximum Gasteiger partial charge on any atom is 0.211 e. The van der Waals surface area contributed by atoms with Crippen molar-refractivity contribution in [1.29, 1.82) is 0 Å². The van der Waals surface area contributed by atoms with Crippen molar-refractivity contribution in [1.82, 2.24) is 4.72 Å². The van der Waals surface area contributed by atoms with Gasteiger partial charge in [0.05, 0.1) is 5.75 Å². The van der Waals surface area contributed by atoms with Crippen LogP contribution in [0.1, 0.15) is 45.4 Å². The molecule has 0 saturated heterocycles. The molecule has 3 rings (SSSR count). The topological polar surface area (TPSA) is 46.2 Å². The first-order valence-corrected chi connectivity index (χ1v) is 8.76. The first-order chi connectivity index (χ1) is 8.11. The molecule has 3 aliphatic carbocycles. The van der Waals surface area contributed by atoms with Crippen LogP contribution in [0.3, 0.4) is 0 Å². The van der Waals surface area contributed by atoms with Crippen LogP contribution in [0.25, 0.3) is 0 Å². The second-order valence-electron chi connectivity index (χ2n) is 6.20. The molecule has 5 unspecified atom stereocenters. The molecule has 0 aliphatic heterocycles. The smallest absolute Gasteiger partial charge is 0.211 e. The fourth-order valence-corrected chi connectivity index (χ4v) is 6.15. The zero-order valence-electron chi connectivity index (χ0n) is 10.6. The molecule has 3 aliphatic rings. The second-order valence-corrected chi connectivity index (χ2v) is 8.07. The van der Waals surface area contributed by atoms with Gasteiger partial charge in [-0.15, -0.1) is 0 Å². The highest BCUT2D eigenvalue weighted by Gasteiger charge is 2.54. The van der Waals surface area contributed by atoms with Crippen molar-refractivity contribution >= 4 is 10.0 Å². The minimum atomic E-state index is -3.02. The third-order valence-corrected chi connectivity index (χ3v) is 6.84. The Balaban J connectivity index is 1.68. The van der Waals surface area contributed by atoms with E-state index in [1.54, 1.807) is 0 Å². The highest BCUT2D eigenvalue weighted by molar-refractivity contribution is 7.89. The van der Waals surface area contributed by atoms with Crippen LogP contribution in [0, 0.1) is 23.7 Å². The Morgan fingerprint density at radius 1 is 1.12 bits per heavy atom. The predicted octanol–water partition coefficient (Wildman–Crippen LogP) is 2.14.